The third kappa shape index (κ3) is 2.33. The Bertz CT molecular complexity index is 465. The monoisotopic (exact) mass is 253 g/mol. The van der Waals surface area contributed by atoms with E-state index in [9.17, 15) is 14.8 Å². The molecule has 0 aliphatic heterocycles. The first-order valence-electron chi connectivity index (χ1n) is 5.24. The molecule has 0 aromatic heterocycles. The summed E-state index contributed by atoms with van der Waals surface area (Å²) in [7, 11) is -0.847. The van der Waals surface area contributed by atoms with Gasteiger partial charge in [-0.3, -0.25) is 0 Å². The average Bonchev–Trinajstić information content (AvgIpc) is 2.26. The van der Waals surface area contributed by atoms with Gasteiger partial charge in [-0.15, -0.1) is 0 Å². The van der Waals surface area contributed by atoms with Crippen molar-refractivity contribution < 1.29 is 14.2 Å². The number of aliphatic hydroxyl groups is 1. The van der Waals surface area contributed by atoms with Crippen LogP contribution in [0.4, 0.5) is 4.39 Å². The van der Waals surface area contributed by atoms with Gasteiger partial charge >= 0.3 is 0 Å². The number of methoxy groups -OCH3 is 1. The lowest BCUT2D eigenvalue weighted by molar-refractivity contribution is 0.175. The molecule has 1 N–H and O–H groups in total. The van der Waals surface area contributed by atoms with Crippen molar-refractivity contribution in [3.05, 3.63) is 29.6 Å². The van der Waals surface area contributed by atoms with Gasteiger partial charge < -0.3 is 9.84 Å². The van der Waals surface area contributed by atoms with Crippen molar-refractivity contribution in [3.8, 4) is 11.8 Å². The minimum atomic E-state index is -2.22. The van der Waals surface area contributed by atoms with Gasteiger partial charge in [-0.2, -0.15) is 5.26 Å². The molecule has 0 heterocycles. The number of hydrogen-bond donors (Lipinski definition) is 1. The summed E-state index contributed by atoms with van der Waals surface area (Å²) in [4.78, 5) is 0. The summed E-state index contributed by atoms with van der Waals surface area (Å²) < 4.78 is 18.4. The predicted molar refractivity (Wildman–Crippen MR) is 65.8 cm³/mol. The van der Waals surface area contributed by atoms with Crippen LogP contribution in [-0.4, -0.2) is 20.3 Å². The lowest BCUT2D eigenvalue weighted by Gasteiger charge is -2.32. The minimum absolute atomic E-state index is 0.101. The Labute approximate surface area is 101 Å². The summed E-state index contributed by atoms with van der Waals surface area (Å²) in [6.07, 6.45) is 0. The fraction of sp³-hybridized carbons (Fsp3) is 0.417. The quantitative estimate of drug-likeness (QED) is 0.665. The first-order valence-corrected chi connectivity index (χ1v) is 8.74. The Morgan fingerprint density at radius 3 is 2.35 bits per heavy atom. The molecule has 0 saturated heterocycles. The zero-order valence-electron chi connectivity index (χ0n) is 10.4. The zero-order chi connectivity index (χ0) is 13.3. The highest BCUT2D eigenvalue weighted by atomic mass is 28.3. The van der Waals surface area contributed by atoms with E-state index >= 15 is 0 Å². The van der Waals surface area contributed by atoms with Crippen LogP contribution < -0.4 is 4.74 Å². The largest absolute Gasteiger partial charge is 0.494 e. The predicted octanol–water partition coefficient (Wildman–Crippen LogP) is 2.42. The lowest BCUT2D eigenvalue weighted by Crippen LogP contribution is -2.48. The molecule has 0 bridgehead atoms. The molecule has 1 unspecified atom stereocenters. The fourth-order valence-corrected chi connectivity index (χ4v) is 2.91. The van der Waals surface area contributed by atoms with Crippen LogP contribution in [0.25, 0.3) is 0 Å². The molecule has 3 nitrogen and oxygen atoms in total. The first kappa shape index (κ1) is 13.7. The third-order valence-electron chi connectivity index (χ3n) is 2.82. The molecule has 1 rings (SSSR count). The molecule has 0 radical (unpaired) electrons. The van der Waals surface area contributed by atoms with Crippen LogP contribution in [0.5, 0.6) is 5.75 Å². The molecular formula is C12H16FNO2Si. The highest BCUT2D eigenvalue weighted by Gasteiger charge is 2.44. The van der Waals surface area contributed by atoms with Crippen molar-refractivity contribution in [2.75, 3.05) is 7.11 Å². The molecule has 1 atom stereocenters. The second-order valence-corrected chi connectivity index (χ2v) is 10.1. The molecule has 0 aliphatic carbocycles. The van der Waals surface area contributed by atoms with Gasteiger partial charge in [0.1, 0.15) is 8.07 Å². The smallest absolute Gasteiger partial charge is 0.165 e. The second-order valence-electron chi connectivity index (χ2n) is 4.92. The van der Waals surface area contributed by atoms with Crippen molar-refractivity contribution in [3.63, 3.8) is 0 Å². The number of rotatable bonds is 3. The Kier molecular flexibility index (Phi) is 3.60. The molecule has 17 heavy (non-hydrogen) atoms. The molecule has 0 spiro atoms. The van der Waals surface area contributed by atoms with Crippen LogP contribution in [0.15, 0.2) is 18.2 Å². The van der Waals surface area contributed by atoms with Gasteiger partial charge in [0.15, 0.2) is 16.8 Å². The number of benzene rings is 1. The Morgan fingerprint density at radius 2 is 2.00 bits per heavy atom. The van der Waals surface area contributed by atoms with Crippen LogP contribution in [0.3, 0.4) is 0 Å². The first-order chi connectivity index (χ1) is 7.76. The van der Waals surface area contributed by atoms with Crippen molar-refractivity contribution in [2.24, 2.45) is 0 Å². The van der Waals surface area contributed by atoms with E-state index < -0.39 is 19.1 Å². The maximum Gasteiger partial charge on any atom is 0.165 e. The number of nitrogens with zero attached hydrogens (tertiary/aromatic N) is 1. The molecule has 0 aliphatic rings. The van der Waals surface area contributed by atoms with Crippen molar-refractivity contribution in [2.45, 2.75) is 24.9 Å². The molecule has 0 saturated carbocycles. The van der Waals surface area contributed by atoms with Crippen LogP contribution in [0.2, 0.25) is 19.6 Å². The van der Waals surface area contributed by atoms with E-state index in [2.05, 4.69) is 0 Å². The highest BCUT2D eigenvalue weighted by molar-refractivity contribution is 6.79. The van der Waals surface area contributed by atoms with E-state index in [1.54, 1.807) is 0 Å². The summed E-state index contributed by atoms with van der Waals surface area (Å²) in [5, 5.41) is 18.0. The van der Waals surface area contributed by atoms with Crippen LogP contribution >= 0.6 is 0 Å². The molecule has 1 aromatic rings. The van der Waals surface area contributed by atoms with Gasteiger partial charge in [0.2, 0.25) is 0 Å². The van der Waals surface area contributed by atoms with Gasteiger partial charge in [-0.25, -0.2) is 4.39 Å². The van der Waals surface area contributed by atoms with Crippen LogP contribution in [0, 0.1) is 17.1 Å². The van der Waals surface area contributed by atoms with Gasteiger partial charge in [0.25, 0.3) is 0 Å². The molecule has 92 valence electrons. The van der Waals surface area contributed by atoms with Gasteiger partial charge in [0.05, 0.1) is 13.2 Å². The minimum Gasteiger partial charge on any atom is -0.494 e. The van der Waals surface area contributed by atoms with Crippen molar-refractivity contribution >= 4 is 8.07 Å². The number of ether oxygens (including phenoxy) is 1. The molecular weight excluding hydrogens is 237 g/mol. The SMILES string of the molecule is COc1ccc(C(O)(C#N)[Si](C)(C)C)cc1F. The highest BCUT2D eigenvalue weighted by Crippen LogP contribution is 2.33. The molecule has 0 amide bonds. The van der Waals surface area contributed by atoms with Gasteiger partial charge in [-0.05, 0) is 17.7 Å². The summed E-state index contributed by atoms with van der Waals surface area (Å²) in [6.45, 7) is 5.58. The Morgan fingerprint density at radius 1 is 1.41 bits per heavy atom. The number of halogens is 1. The Hall–Kier alpha value is -1.38. The molecule has 5 heteroatoms. The van der Waals surface area contributed by atoms with Gasteiger partial charge in [0, 0.05) is 0 Å². The molecule has 0 fully saturated rings. The van der Waals surface area contributed by atoms with E-state index in [1.165, 1.54) is 25.3 Å². The summed E-state index contributed by atoms with van der Waals surface area (Å²) in [5.74, 6) is -0.471. The number of nitriles is 1. The van der Waals surface area contributed by atoms with Crippen molar-refractivity contribution in [1.82, 2.24) is 0 Å². The number of hydrogen-bond acceptors (Lipinski definition) is 3. The molecule has 1 aromatic carbocycles. The summed E-state index contributed by atoms with van der Waals surface area (Å²) >= 11 is 0. The Balaban J connectivity index is 3.34. The maximum absolute atomic E-state index is 13.6. The van der Waals surface area contributed by atoms with Crippen LogP contribution in [-0.2, 0) is 5.22 Å². The fourth-order valence-electron chi connectivity index (χ4n) is 1.56. The van der Waals surface area contributed by atoms with Gasteiger partial charge in [-0.1, -0.05) is 25.7 Å². The van der Waals surface area contributed by atoms with Crippen molar-refractivity contribution in [1.29, 1.82) is 5.26 Å². The second kappa shape index (κ2) is 4.47. The van der Waals surface area contributed by atoms with E-state index in [-0.39, 0.29) is 11.3 Å². The summed E-state index contributed by atoms with van der Waals surface area (Å²) in [5.41, 5.74) is 0.289. The summed E-state index contributed by atoms with van der Waals surface area (Å²) in [6, 6.07) is 6.03. The topological polar surface area (TPSA) is 53.2 Å². The van der Waals surface area contributed by atoms with E-state index in [4.69, 9.17) is 4.74 Å². The third-order valence-corrected chi connectivity index (χ3v) is 5.39. The lowest BCUT2D eigenvalue weighted by atomic mass is 10.1. The van der Waals surface area contributed by atoms with E-state index in [1.807, 2.05) is 25.7 Å². The van der Waals surface area contributed by atoms with E-state index in [0.717, 1.165) is 0 Å². The van der Waals surface area contributed by atoms with E-state index in [0.29, 0.717) is 0 Å². The normalized spacial score (nSPS) is 14.9. The van der Waals surface area contributed by atoms with Crippen LogP contribution in [0.1, 0.15) is 5.56 Å². The maximum atomic E-state index is 13.6. The standard InChI is InChI=1S/C12H16FNO2Si/c1-16-11-6-5-9(7-10(11)13)12(15,8-14)17(2,3)4/h5-7,15H,1-4H3. The average molecular weight is 253 g/mol. The zero-order valence-corrected chi connectivity index (χ0v) is 11.4.